The number of nitrogens with one attached hydrogen (secondary N) is 1. The molecule has 4 heteroatoms. The third kappa shape index (κ3) is 4.33. The molecule has 116 valence electrons. The van der Waals surface area contributed by atoms with Crippen molar-refractivity contribution >= 4 is 11.6 Å². The Morgan fingerprint density at radius 1 is 1.14 bits per heavy atom. The van der Waals surface area contributed by atoms with Gasteiger partial charge in [0, 0.05) is 11.3 Å². The zero-order valence-electron chi connectivity index (χ0n) is 12.9. The van der Waals surface area contributed by atoms with E-state index in [0.29, 0.717) is 22.9 Å². The van der Waals surface area contributed by atoms with E-state index in [1.807, 2.05) is 30.3 Å². The van der Waals surface area contributed by atoms with Crippen molar-refractivity contribution in [2.75, 3.05) is 11.9 Å². The summed E-state index contributed by atoms with van der Waals surface area (Å²) in [6.07, 6.45) is 0. The molecule has 2 rings (SSSR count). The number of amides is 1. The molecule has 4 nitrogen and oxygen atoms in total. The zero-order valence-corrected chi connectivity index (χ0v) is 12.9. The monoisotopic (exact) mass is 299 g/mol. The van der Waals surface area contributed by atoms with Crippen molar-refractivity contribution < 1.29 is 14.6 Å². The van der Waals surface area contributed by atoms with Crippen LogP contribution in [-0.2, 0) is 11.4 Å². The lowest BCUT2D eigenvalue weighted by molar-refractivity contribution is -0.118. The molecule has 0 aromatic heterocycles. The molecule has 0 aliphatic carbocycles. The normalized spacial score (nSPS) is 10.5. The van der Waals surface area contributed by atoms with Gasteiger partial charge in [-0.25, -0.2) is 0 Å². The SMILES string of the molecule is CC(C)c1ccc(OCC(=O)Nc2ccccc2CO)cc1. The molecule has 0 spiro atoms. The van der Waals surface area contributed by atoms with E-state index >= 15 is 0 Å². The summed E-state index contributed by atoms with van der Waals surface area (Å²) in [6.45, 7) is 4.07. The molecule has 0 fully saturated rings. The molecule has 0 unspecified atom stereocenters. The Morgan fingerprint density at radius 2 is 1.82 bits per heavy atom. The maximum absolute atomic E-state index is 11.9. The van der Waals surface area contributed by atoms with Crippen molar-refractivity contribution in [1.29, 1.82) is 0 Å². The van der Waals surface area contributed by atoms with E-state index in [-0.39, 0.29) is 19.1 Å². The van der Waals surface area contributed by atoms with E-state index in [1.54, 1.807) is 18.2 Å². The maximum Gasteiger partial charge on any atom is 0.262 e. The van der Waals surface area contributed by atoms with Crippen molar-refractivity contribution in [1.82, 2.24) is 0 Å². The molecule has 2 aromatic carbocycles. The van der Waals surface area contributed by atoms with Crippen LogP contribution in [0, 0.1) is 0 Å². The van der Waals surface area contributed by atoms with Gasteiger partial charge < -0.3 is 15.2 Å². The van der Waals surface area contributed by atoms with Crippen LogP contribution in [0.4, 0.5) is 5.69 Å². The number of hydrogen-bond acceptors (Lipinski definition) is 3. The lowest BCUT2D eigenvalue weighted by Gasteiger charge is -2.11. The predicted octanol–water partition coefficient (Wildman–Crippen LogP) is 3.32. The quantitative estimate of drug-likeness (QED) is 0.860. The van der Waals surface area contributed by atoms with E-state index in [2.05, 4.69) is 19.2 Å². The van der Waals surface area contributed by atoms with Crippen molar-refractivity contribution in [3.8, 4) is 5.75 Å². The second-order valence-electron chi connectivity index (χ2n) is 5.38. The van der Waals surface area contributed by atoms with E-state index in [9.17, 15) is 9.90 Å². The van der Waals surface area contributed by atoms with Gasteiger partial charge in [-0.3, -0.25) is 4.79 Å². The Bertz CT molecular complexity index is 620. The van der Waals surface area contributed by atoms with Crippen LogP contribution < -0.4 is 10.1 Å². The van der Waals surface area contributed by atoms with Crippen LogP contribution in [0.5, 0.6) is 5.75 Å². The Kier molecular flexibility index (Phi) is 5.55. The molecule has 2 N–H and O–H groups in total. The first-order valence-electron chi connectivity index (χ1n) is 7.31. The molecule has 0 atom stereocenters. The van der Waals surface area contributed by atoms with Crippen molar-refractivity contribution in [3.05, 3.63) is 59.7 Å². The minimum atomic E-state index is -0.256. The topological polar surface area (TPSA) is 58.6 Å². The summed E-state index contributed by atoms with van der Waals surface area (Å²) in [5.41, 5.74) is 2.51. The number of para-hydroxylation sites is 1. The minimum absolute atomic E-state index is 0.0687. The maximum atomic E-state index is 11.9. The zero-order chi connectivity index (χ0) is 15.9. The molecule has 0 aliphatic heterocycles. The first kappa shape index (κ1) is 16.0. The lowest BCUT2D eigenvalue weighted by Crippen LogP contribution is -2.20. The van der Waals surface area contributed by atoms with Gasteiger partial charge >= 0.3 is 0 Å². The number of hydrogen-bond donors (Lipinski definition) is 2. The summed E-state index contributed by atoms with van der Waals surface area (Å²) >= 11 is 0. The average molecular weight is 299 g/mol. The molecule has 2 aromatic rings. The Balaban J connectivity index is 1.90. The van der Waals surface area contributed by atoms with E-state index in [0.717, 1.165) is 0 Å². The van der Waals surface area contributed by atoms with E-state index in [1.165, 1.54) is 5.56 Å². The van der Waals surface area contributed by atoms with Crippen LogP contribution in [-0.4, -0.2) is 17.6 Å². The summed E-state index contributed by atoms with van der Waals surface area (Å²) in [4.78, 5) is 11.9. The van der Waals surface area contributed by atoms with E-state index < -0.39 is 0 Å². The van der Waals surface area contributed by atoms with Crippen LogP contribution in [0.15, 0.2) is 48.5 Å². The van der Waals surface area contributed by atoms with Gasteiger partial charge in [-0.15, -0.1) is 0 Å². The molecule has 22 heavy (non-hydrogen) atoms. The number of aliphatic hydroxyl groups is 1. The third-order valence-corrected chi connectivity index (χ3v) is 3.38. The number of anilines is 1. The summed E-state index contributed by atoms with van der Waals surface area (Å²) in [7, 11) is 0. The van der Waals surface area contributed by atoms with Crippen LogP contribution in [0.1, 0.15) is 30.9 Å². The number of ether oxygens (including phenoxy) is 1. The van der Waals surface area contributed by atoms with Gasteiger partial charge in [0.2, 0.25) is 0 Å². The van der Waals surface area contributed by atoms with Crippen LogP contribution in [0.3, 0.4) is 0 Å². The summed E-state index contributed by atoms with van der Waals surface area (Å²) in [6, 6.07) is 14.9. The molecule has 0 radical (unpaired) electrons. The fourth-order valence-corrected chi connectivity index (χ4v) is 2.06. The Hall–Kier alpha value is -2.33. The van der Waals surface area contributed by atoms with E-state index in [4.69, 9.17) is 4.74 Å². The van der Waals surface area contributed by atoms with Crippen LogP contribution in [0.2, 0.25) is 0 Å². The molecular formula is C18H21NO3. The van der Waals surface area contributed by atoms with Crippen LogP contribution in [0.25, 0.3) is 0 Å². The molecular weight excluding hydrogens is 278 g/mol. The molecule has 0 saturated carbocycles. The fourth-order valence-electron chi connectivity index (χ4n) is 2.06. The molecule has 0 bridgehead atoms. The standard InChI is InChI=1S/C18H21NO3/c1-13(2)14-7-9-16(10-8-14)22-12-18(21)19-17-6-4-3-5-15(17)11-20/h3-10,13,20H,11-12H2,1-2H3,(H,19,21). The summed E-state index contributed by atoms with van der Waals surface area (Å²) < 4.78 is 5.47. The minimum Gasteiger partial charge on any atom is -0.484 e. The van der Waals surface area contributed by atoms with Gasteiger partial charge in [0.25, 0.3) is 5.91 Å². The summed E-state index contributed by atoms with van der Waals surface area (Å²) in [5.74, 6) is 0.871. The highest BCUT2D eigenvalue weighted by Gasteiger charge is 2.07. The van der Waals surface area contributed by atoms with Crippen LogP contribution >= 0.6 is 0 Å². The van der Waals surface area contributed by atoms with Gasteiger partial charge in [-0.05, 0) is 29.7 Å². The molecule has 1 amide bonds. The molecule has 0 aliphatic rings. The lowest BCUT2D eigenvalue weighted by atomic mass is 10.0. The van der Waals surface area contributed by atoms with Gasteiger partial charge in [0.1, 0.15) is 5.75 Å². The second kappa shape index (κ2) is 7.61. The highest BCUT2D eigenvalue weighted by molar-refractivity contribution is 5.92. The first-order valence-corrected chi connectivity index (χ1v) is 7.31. The second-order valence-corrected chi connectivity index (χ2v) is 5.38. The van der Waals surface area contributed by atoms with Crippen molar-refractivity contribution in [2.45, 2.75) is 26.4 Å². The summed E-state index contributed by atoms with van der Waals surface area (Å²) in [5, 5.41) is 12.0. The Labute approximate surface area is 130 Å². The number of carbonyl (C=O) groups excluding carboxylic acids is 1. The molecule has 0 saturated heterocycles. The largest absolute Gasteiger partial charge is 0.484 e. The smallest absolute Gasteiger partial charge is 0.262 e. The van der Waals surface area contributed by atoms with Gasteiger partial charge in [0.05, 0.1) is 6.61 Å². The first-order chi connectivity index (χ1) is 10.6. The van der Waals surface area contributed by atoms with Crippen molar-refractivity contribution in [2.24, 2.45) is 0 Å². The molecule has 0 heterocycles. The average Bonchev–Trinajstić information content (AvgIpc) is 2.54. The third-order valence-electron chi connectivity index (χ3n) is 3.38. The Morgan fingerprint density at radius 3 is 2.45 bits per heavy atom. The highest BCUT2D eigenvalue weighted by Crippen LogP contribution is 2.19. The van der Waals surface area contributed by atoms with Gasteiger partial charge in [0.15, 0.2) is 6.61 Å². The number of benzene rings is 2. The highest BCUT2D eigenvalue weighted by atomic mass is 16.5. The number of carbonyl (C=O) groups is 1. The predicted molar refractivity (Wildman–Crippen MR) is 87.0 cm³/mol. The van der Waals surface area contributed by atoms with Crippen molar-refractivity contribution in [3.63, 3.8) is 0 Å². The van der Waals surface area contributed by atoms with Gasteiger partial charge in [-0.1, -0.05) is 44.2 Å². The van der Waals surface area contributed by atoms with Gasteiger partial charge in [-0.2, -0.15) is 0 Å². The number of rotatable bonds is 6. The fraction of sp³-hybridized carbons (Fsp3) is 0.278. The number of aliphatic hydroxyl groups excluding tert-OH is 1.